The summed E-state index contributed by atoms with van der Waals surface area (Å²) in [6.07, 6.45) is -0.122. The Hall–Kier alpha value is 0.604. The summed E-state index contributed by atoms with van der Waals surface area (Å²) in [5, 5.41) is 0.274. The van der Waals surface area contributed by atoms with Crippen molar-refractivity contribution in [3.8, 4) is 0 Å². The van der Waals surface area contributed by atoms with Crippen LogP contribution in [-0.2, 0) is 13.6 Å². The standard InChI is InChI=1S/C17H37ClO3Si2/c1-16(2,3)22(7,8)20-12-14-15(13(18)11-19-14)21-23(9,10)17(4,5)6/h13-15H,11-12H2,1-10H3/t13?,14-,15?/m1/s1. The number of rotatable bonds is 5. The molecule has 1 aliphatic rings. The quantitative estimate of drug-likeness (QED) is 0.471. The first-order valence-electron chi connectivity index (χ1n) is 8.66. The first kappa shape index (κ1) is 21.6. The van der Waals surface area contributed by atoms with Gasteiger partial charge in [0.05, 0.1) is 24.7 Å². The molecule has 0 spiro atoms. The maximum atomic E-state index is 6.56. The van der Waals surface area contributed by atoms with Crippen molar-refractivity contribution in [1.29, 1.82) is 0 Å². The Balaban J connectivity index is 2.76. The second kappa shape index (κ2) is 7.08. The molecule has 1 rings (SSSR count). The SMILES string of the molecule is CC(C)(C)[Si](C)(C)OC[C@H]1OCC(Cl)C1O[Si](C)(C)C(C)(C)C. The Morgan fingerprint density at radius 2 is 1.43 bits per heavy atom. The molecule has 138 valence electrons. The topological polar surface area (TPSA) is 27.7 Å². The molecule has 0 aromatic carbocycles. The van der Waals surface area contributed by atoms with Crippen LogP contribution in [0, 0.1) is 0 Å². The van der Waals surface area contributed by atoms with Gasteiger partial charge in [0.1, 0.15) is 6.10 Å². The summed E-state index contributed by atoms with van der Waals surface area (Å²) >= 11 is 6.50. The lowest BCUT2D eigenvalue weighted by atomic mass is 10.2. The summed E-state index contributed by atoms with van der Waals surface area (Å²) < 4.78 is 18.8. The van der Waals surface area contributed by atoms with Crippen molar-refractivity contribution >= 4 is 28.2 Å². The van der Waals surface area contributed by atoms with E-state index < -0.39 is 16.6 Å². The molecule has 1 fully saturated rings. The van der Waals surface area contributed by atoms with E-state index in [9.17, 15) is 0 Å². The van der Waals surface area contributed by atoms with Crippen molar-refractivity contribution in [2.75, 3.05) is 13.2 Å². The number of halogens is 1. The Morgan fingerprint density at radius 1 is 0.957 bits per heavy atom. The Bertz CT molecular complexity index is 400. The second-order valence-corrected chi connectivity index (χ2v) is 19.9. The van der Waals surface area contributed by atoms with E-state index in [1.54, 1.807) is 0 Å². The molecule has 0 saturated carbocycles. The fourth-order valence-corrected chi connectivity index (χ4v) is 4.69. The van der Waals surface area contributed by atoms with Gasteiger partial charge in [-0.2, -0.15) is 0 Å². The summed E-state index contributed by atoms with van der Waals surface area (Å²) in [5.41, 5.74) is 0. The van der Waals surface area contributed by atoms with Crippen LogP contribution in [0.15, 0.2) is 0 Å². The van der Waals surface area contributed by atoms with E-state index in [0.717, 1.165) is 0 Å². The van der Waals surface area contributed by atoms with Gasteiger partial charge < -0.3 is 13.6 Å². The molecular weight excluding hydrogens is 344 g/mol. The van der Waals surface area contributed by atoms with Gasteiger partial charge in [0.25, 0.3) is 0 Å². The van der Waals surface area contributed by atoms with Crippen molar-refractivity contribution < 1.29 is 13.6 Å². The third-order valence-corrected chi connectivity index (χ3v) is 15.2. The highest BCUT2D eigenvalue weighted by atomic mass is 35.5. The molecule has 0 N–H and O–H groups in total. The van der Waals surface area contributed by atoms with E-state index in [0.29, 0.717) is 13.2 Å². The van der Waals surface area contributed by atoms with Crippen molar-refractivity contribution in [1.82, 2.24) is 0 Å². The van der Waals surface area contributed by atoms with Crippen LogP contribution < -0.4 is 0 Å². The fourth-order valence-electron chi connectivity index (χ4n) is 1.95. The lowest BCUT2D eigenvalue weighted by Gasteiger charge is -2.41. The van der Waals surface area contributed by atoms with Crippen LogP contribution in [0.2, 0.25) is 36.3 Å². The van der Waals surface area contributed by atoms with Gasteiger partial charge in [-0.15, -0.1) is 11.6 Å². The maximum absolute atomic E-state index is 6.56. The molecule has 0 bridgehead atoms. The minimum absolute atomic E-state index is 0.0549. The molecule has 0 amide bonds. The fraction of sp³-hybridized carbons (Fsp3) is 1.00. The summed E-state index contributed by atoms with van der Waals surface area (Å²) in [5.74, 6) is 0. The van der Waals surface area contributed by atoms with Gasteiger partial charge in [-0.1, -0.05) is 41.5 Å². The molecule has 2 unspecified atom stereocenters. The largest absolute Gasteiger partial charge is 0.414 e. The number of alkyl halides is 1. The average molecular weight is 381 g/mol. The van der Waals surface area contributed by atoms with Crippen LogP contribution in [0.25, 0.3) is 0 Å². The number of hydrogen-bond donors (Lipinski definition) is 0. The van der Waals surface area contributed by atoms with Crippen LogP contribution in [0.4, 0.5) is 0 Å². The molecule has 1 heterocycles. The lowest BCUT2D eigenvalue weighted by Crippen LogP contribution is -2.50. The monoisotopic (exact) mass is 380 g/mol. The zero-order chi connectivity index (χ0) is 18.3. The van der Waals surface area contributed by atoms with E-state index in [1.165, 1.54) is 0 Å². The second-order valence-electron chi connectivity index (χ2n) is 9.80. The first-order valence-corrected chi connectivity index (χ1v) is 14.9. The maximum Gasteiger partial charge on any atom is 0.192 e. The van der Waals surface area contributed by atoms with Crippen LogP contribution in [0.5, 0.6) is 0 Å². The van der Waals surface area contributed by atoms with Gasteiger partial charge in [-0.05, 0) is 36.3 Å². The molecule has 6 heteroatoms. The van der Waals surface area contributed by atoms with Crippen LogP contribution in [0.3, 0.4) is 0 Å². The van der Waals surface area contributed by atoms with Gasteiger partial charge in [0.2, 0.25) is 0 Å². The van der Waals surface area contributed by atoms with E-state index in [2.05, 4.69) is 67.7 Å². The van der Waals surface area contributed by atoms with Crippen LogP contribution in [0.1, 0.15) is 41.5 Å². The molecule has 0 radical (unpaired) electrons. The third-order valence-electron chi connectivity index (χ3n) is 5.84. The van der Waals surface area contributed by atoms with E-state index in [-0.39, 0.29) is 27.7 Å². The Kier molecular flexibility index (Phi) is 6.66. The normalized spacial score (nSPS) is 27.5. The van der Waals surface area contributed by atoms with Gasteiger partial charge in [0.15, 0.2) is 16.6 Å². The van der Waals surface area contributed by atoms with E-state index in [1.807, 2.05) is 0 Å². The lowest BCUT2D eigenvalue weighted by molar-refractivity contribution is 0.0119. The Labute approximate surface area is 150 Å². The van der Waals surface area contributed by atoms with Crippen molar-refractivity contribution in [2.24, 2.45) is 0 Å². The predicted octanol–water partition coefficient (Wildman–Crippen LogP) is 5.40. The van der Waals surface area contributed by atoms with E-state index in [4.69, 9.17) is 25.2 Å². The number of ether oxygens (including phenoxy) is 1. The van der Waals surface area contributed by atoms with Gasteiger partial charge in [-0.25, -0.2) is 0 Å². The number of hydrogen-bond acceptors (Lipinski definition) is 3. The Morgan fingerprint density at radius 3 is 1.87 bits per heavy atom. The molecule has 0 aromatic heterocycles. The van der Waals surface area contributed by atoms with Gasteiger partial charge in [0, 0.05) is 0 Å². The minimum atomic E-state index is -1.87. The molecular formula is C17H37ClO3Si2. The van der Waals surface area contributed by atoms with Crippen molar-refractivity contribution in [3.05, 3.63) is 0 Å². The highest BCUT2D eigenvalue weighted by Crippen LogP contribution is 2.40. The molecule has 0 aliphatic carbocycles. The zero-order valence-corrected chi connectivity index (χ0v) is 19.5. The van der Waals surface area contributed by atoms with Crippen LogP contribution >= 0.6 is 11.6 Å². The van der Waals surface area contributed by atoms with Crippen LogP contribution in [-0.4, -0.2) is 47.4 Å². The smallest absolute Gasteiger partial charge is 0.192 e. The zero-order valence-electron chi connectivity index (χ0n) is 16.7. The first-order chi connectivity index (χ1) is 10.1. The third kappa shape index (κ3) is 5.29. The summed E-state index contributed by atoms with van der Waals surface area (Å²) in [6, 6.07) is 0. The highest BCUT2D eigenvalue weighted by molar-refractivity contribution is 6.74. The molecule has 3 atom stereocenters. The van der Waals surface area contributed by atoms with Crippen molar-refractivity contribution in [3.63, 3.8) is 0 Å². The highest BCUT2D eigenvalue weighted by Gasteiger charge is 2.47. The van der Waals surface area contributed by atoms with Gasteiger partial charge in [-0.3, -0.25) is 0 Å². The average Bonchev–Trinajstić information content (AvgIpc) is 2.65. The molecule has 0 aromatic rings. The minimum Gasteiger partial charge on any atom is -0.414 e. The van der Waals surface area contributed by atoms with E-state index >= 15 is 0 Å². The summed E-state index contributed by atoms with van der Waals surface area (Å²) in [7, 11) is -3.66. The van der Waals surface area contributed by atoms with Gasteiger partial charge >= 0.3 is 0 Å². The molecule has 3 nitrogen and oxygen atoms in total. The molecule has 1 saturated heterocycles. The molecule has 1 aliphatic heterocycles. The predicted molar refractivity (Wildman–Crippen MR) is 105 cm³/mol. The summed E-state index contributed by atoms with van der Waals surface area (Å²) in [4.78, 5) is 0. The summed E-state index contributed by atoms with van der Waals surface area (Å²) in [6.45, 7) is 23.7. The molecule has 23 heavy (non-hydrogen) atoms. The van der Waals surface area contributed by atoms with Crippen molar-refractivity contribution in [2.45, 2.75) is 95.4 Å².